The molecular weight excluding hydrogens is 872 g/mol. The summed E-state index contributed by atoms with van der Waals surface area (Å²) in [6.45, 7) is 0.773. The van der Waals surface area contributed by atoms with Crippen molar-refractivity contribution in [1.82, 2.24) is 28.7 Å². The molecule has 23 heteroatoms. The van der Waals surface area contributed by atoms with E-state index < -0.39 is 44.9 Å². The Hall–Kier alpha value is -5.24. The normalized spacial score (nSPS) is 10.6. The van der Waals surface area contributed by atoms with Crippen molar-refractivity contribution in [3.05, 3.63) is 126 Å². The molecule has 0 atom stereocenters. The maximum absolute atomic E-state index is 13.7. The first-order valence-corrected chi connectivity index (χ1v) is 17.5. The van der Waals surface area contributed by atoms with Crippen molar-refractivity contribution in [3.63, 3.8) is 0 Å². The minimum Gasteiger partial charge on any atom is -0.480 e. The lowest BCUT2D eigenvalue weighted by atomic mass is 10.3. The zero-order chi connectivity index (χ0) is 42.0. The number of carboxylic acid groups (broad SMARTS) is 1. The number of aromatic nitrogens is 6. The minimum atomic E-state index is -1.06. The van der Waals surface area contributed by atoms with Crippen molar-refractivity contribution in [3.8, 4) is 0 Å². The number of hydrogen-bond donors (Lipinski definition) is 2. The highest BCUT2D eigenvalue weighted by Gasteiger charge is 2.18. The van der Waals surface area contributed by atoms with Crippen LogP contribution in [-0.4, -0.2) is 69.4 Å². The van der Waals surface area contributed by atoms with Gasteiger partial charge >= 0.3 is 5.97 Å². The van der Waals surface area contributed by atoms with Crippen molar-refractivity contribution in [2.45, 2.75) is 19.6 Å². The molecule has 0 fully saturated rings. The van der Waals surface area contributed by atoms with Gasteiger partial charge in [-0.15, -0.1) is 0 Å². The van der Waals surface area contributed by atoms with Crippen LogP contribution in [0.4, 0.5) is 23.2 Å². The molecule has 0 aliphatic heterocycles. The van der Waals surface area contributed by atoms with Crippen LogP contribution in [-0.2, 0) is 34.0 Å². The summed E-state index contributed by atoms with van der Waals surface area (Å²) < 4.78 is 62.4. The fourth-order valence-corrected chi connectivity index (χ4v) is 5.76. The highest BCUT2D eigenvalue weighted by atomic mass is 35.5. The van der Waals surface area contributed by atoms with Crippen LogP contribution >= 0.6 is 58.0 Å². The summed E-state index contributed by atoms with van der Waals surface area (Å²) in [5, 5.41) is 26.8. The van der Waals surface area contributed by atoms with Crippen LogP contribution in [0.25, 0.3) is 33.1 Å². The number of carbonyl (C=O) groups excluding carboxylic acids is 1. The van der Waals surface area contributed by atoms with Gasteiger partial charge in [0.1, 0.15) is 29.7 Å². The van der Waals surface area contributed by atoms with Gasteiger partial charge < -0.3 is 28.7 Å². The highest BCUT2D eigenvalue weighted by Crippen LogP contribution is 2.31. The minimum absolute atomic E-state index is 0.0466. The van der Waals surface area contributed by atoms with E-state index in [1.165, 1.54) is 46.3 Å². The Bertz CT molecular complexity index is 2570. The van der Waals surface area contributed by atoms with Gasteiger partial charge in [-0.3, -0.25) is 19.7 Å². The lowest BCUT2D eigenvalue weighted by Gasteiger charge is -2.04. The second kappa shape index (κ2) is 20.3. The van der Waals surface area contributed by atoms with Crippen molar-refractivity contribution in [2.75, 3.05) is 13.2 Å². The van der Waals surface area contributed by atoms with E-state index in [-0.39, 0.29) is 45.4 Å². The third-order valence-corrected chi connectivity index (χ3v) is 8.92. The molecule has 0 spiro atoms. The smallest absolute Gasteiger partial charge is 0.323 e. The quantitative estimate of drug-likeness (QED) is 0.0355. The standard InChI is InChI=1S/C10H8ClFN2O2.C9H6ClFN2O2.C9H8ClFN2O.C6H2Cl2FNO2/c11-7-1-2-8-10(9(7)12)14(5-13-8)3-4-16-6-15;10-5-1-2-6-9(8(5)11)13(4-12-6)3-7(14)15;10-6-1-2-7-9(8(6)11)13(3-4-14)5-12-7;7-3-1-2-4(10(11)12)5(8)6(3)9/h1-2,5-6H,3-4H2;1-2,4H,3H2,(H,14,15);1-2,5,14H,3-4H2;1-2H. The number of nitro groups is 1. The third kappa shape index (κ3) is 10.8. The maximum atomic E-state index is 13.7. The summed E-state index contributed by atoms with van der Waals surface area (Å²) in [6.07, 6.45) is 4.25. The number of nitro benzene ring substituents is 1. The van der Waals surface area contributed by atoms with Gasteiger partial charge in [0.15, 0.2) is 28.3 Å². The molecule has 0 saturated carbocycles. The van der Waals surface area contributed by atoms with E-state index in [4.69, 9.17) is 68.2 Å². The van der Waals surface area contributed by atoms with E-state index in [1.807, 2.05) is 0 Å². The third-order valence-electron chi connectivity index (χ3n) is 7.39. The van der Waals surface area contributed by atoms with Crippen LogP contribution in [0.15, 0.2) is 67.5 Å². The van der Waals surface area contributed by atoms with Gasteiger partial charge in [0.25, 0.3) is 12.2 Å². The lowest BCUT2D eigenvalue weighted by molar-refractivity contribution is -0.384. The second-order valence-electron chi connectivity index (χ2n) is 11.0. The van der Waals surface area contributed by atoms with Gasteiger partial charge in [-0.1, -0.05) is 58.0 Å². The van der Waals surface area contributed by atoms with Crippen molar-refractivity contribution >= 4 is 109 Å². The van der Waals surface area contributed by atoms with Crippen LogP contribution in [0.3, 0.4) is 0 Å². The van der Waals surface area contributed by atoms with E-state index in [0.29, 0.717) is 47.1 Å². The van der Waals surface area contributed by atoms with Gasteiger partial charge in [-0.05, 0) is 42.5 Å². The number of benzene rings is 4. The predicted octanol–water partition coefficient (Wildman–Crippen LogP) is 8.78. The Balaban J connectivity index is 0.000000169. The molecule has 0 aliphatic carbocycles. The lowest BCUT2D eigenvalue weighted by Crippen LogP contribution is -2.08. The molecule has 57 heavy (non-hydrogen) atoms. The van der Waals surface area contributed by atoms with E-state index in [0.717, 1.165) is 12.1 Å². The number of halogens is 9. The van der Waals surface area contributed by atoms with Crippen molar-refractivity contribution in [1.29, 1.82) is 0 Å². The highest BCUT2D eigenvalue weighted by molar-refractivity contribution is 6.36. The Morgan fingerprint density at radius 1 is 0.702 bits per heavy atom. The number of aliphatic hydroxyl groups excluding tert-OH is 1. The first kappa shape index (κ1) is 44.5. The van der Waals surface area contributed by atoms with Crippen LogP contribution < -0.4 is 0 Å². The average molecular weight is 896 g/mol. The van der Waals surface area contributed by atoms with E-state index in [9.17, 15) is 37.3 Å². The molecule has 0 bridgehead atoms. The number of fused-ring (bicyclic) bond motifs is 3. The first-order valence-electron chi connectivity index (χ1n) is 15.6. The Morgan fingerprint density at radius 3 is 1.53 bits per heavy atom. The number of nitrogens with zero attached hydrogens (tertiary/aromatic N) is 7. The number of aliphatic carboxylic acids is 1. The molecule has 0 radical (unpaired) electrons. The number of rotatable bonds is 9. The zero-order valence-electron chi connectivity index (χ0n) is 28.4. The fourth-order valence-electron chi connectivity index (χ4n) is 4.86. The Labute approximate surface area is 342 Å². The first-order chi connectivity index (χ1) is 27.1. The van der Waals surface area contributed by atoms with Gasteiger partial charge in [-0.25, -0.2) is 32.5 Å². The summed E-state index contributed by atoms with van der Waals surface area (Å²) in [5.74, 6) is -3.67. The van der Waals surface area contributed by atoms with Gasteiger partial charge in [0, 0.05) is 12.6 Å². The van der Waals surface area contributed by atoms with Crippen LogP contribution in [0.1, 0.15) is 0 Å². The second-order valence-corrected chi connectivity index (χ2v) is 13.0. The molecule has 4 aromatic carbocycles. The largest absolute Gasteiger partial charge is 0.480 e. The molecule has 300 valence electrons. The molecule has 7 aromatic rings. The number of carbonyl (C=O) groups is 2. The number of ether oxygens (including phenoxy) is 1. The van der Waals surface area contributed by atoms with E-state index in [1.54, 1.807) is 22.8 Å². The summed E-state index contributed by atoms with van der Waals surface area (Å²) in [6, 6.07) is 11.3. The molecule has 0 saturated heterocycles. The van der Waals surface area contributed by atoms with E-state index >= 15 is 0 Å². The molecule has 3 heterocycles. The van der Waals surface area contributed by atoms with Gasteiger partial charge in [0.2, 0.25) is 0 Å². The fraction of sp³-hybridized carbons (Fsp3) is 0.147. The Morgan fingerprint density at radius 2 is 1.11 bits per heavy atom. The summed E-state index contributed by atoms with van der Waals surface area (Å²) in [7, 11) is 0. The molecule has 0 amide bonds. The Kier molecular flexibility index (Phi) is 15.8. The molecule has 14 nitrogen and oxygen atoms in total. The number of carboxylic acids is 1. The zero-order valence-corrected chi connectivity index (χ0v) is 32.2. The average Bonchev–Trinajstić information content (AvgIpc) is 3.90. The van der Waals surface area contributed by atoms with Gasteiger partial charge in [0.05, 0.1) is 73.7 Å². The monoisotopic (exact) mass is 893 g/mol. The molecule has 0 aliphatic rings. The summed E-state index contributed by atoms with van der Waals surface area (Å²) in [5.41, 5.74) is 1.74. The molecule has 7 rings (SSSR count). The summed E-state index contributed by atoms with van der Waals surface area (Å²) in [4.78, 5) is 41.8. The molecule has 3 aromatic heterocycles. The predicted molar refractivity (Wildman–Crippen MR) is 204 cm³/mol. The topological polar surface area (TPSA) is 180 Å². The van der Waals surface area contributed by atoms with Crippen molar-refractivity contribution in [2.24, 2.45) is 0 Å². The number of aliphatic hydroxyl groups is 1. The molecule has 0 unspecified atom stereocenters. The van der Waals surface area contributed by atoms with Crippen LogP contribution in [0.2, 0.25) is 25.1 Å². The van der Waals surface area contributed by atoms with Crippen LogP contribution in [0, 0.1) is 33.4 Å². The summed E-state index contributed by atoms with van der Waals surface area (Å²) >= 11 is 27.5. The van der Waals surface area contributed by atoms with Gasteiger partial charge in [-0.2, -0.15) is 0 Å². The van der Waals surface area contributed by atoms with E-state index in [2.05, 4.69) is 19.7 Å². The van der Waals surface area contributed by atoms with Crippen LogP contribution in [0.5, 0.6) is 0 Å². The number of imidazole rings is 3. The molecular formula is C34H24Cl5F4N7O7. The molecule has 2 N–H and O–H groups in total. The van der Waals surface area contributed by atoms with Crippen molar-refractivity contribution < 1.29 is 47.0 Å². The number of hydrogen-bond acceptors (Lipinski definition) is 9. The maximum Gasteiger partial charge on any atom is 0.323 e. The SMILES string of the molecule is O=C(O)Cn1cnc2ccc(Cl)c(F)c21.O=COCCn1cnc2ccc(Cl)c(F)c21.O=[N+]([O-])c1ccc(Cl)c(F)c1Cl.OCCn1cnc2ccc(Cl)c(F)c21.